The summed E-state index contributed by atoms with van der Waals surface area (Å²) in [6.07, 6.45) is -0.615. The zero-order chi connectivity index (χ0) is 16.2. The highest BCUT2D eigenvalue weighted by Gasteiger charge is 2.33. The molecule has 1 rings (SSSR count). The second kappa shape index (κ2) is 6.68. The van der Waals surface area contributed by atoms with E-state index in [1.165, 1.54) is 7.05 Å². The van der Waals surface area contributed by atoms with Crippen molar-refractivity contribution < 1.29 is 34.2 Å². The molecule has 2 atom stereocenters. The maximum Gasteiger partial charge on any atom is 0.326 e. The Kier molecular flexibility index (Phi) is 5.22. The number of likely N-dealkylation sites (tertiary alicyclic amines) is 1. The summed E-state index contributed by atoms with van der Waals surface area (Å²) in [7, 11) is 1.28. The maximum atomic E-state index is 11.7. The van der Waals surface area contributed by atoms with Gasteiger partial charge in [-0.05, 0) is 6.42 Å². The molecule has 0 aromatic heterocycles. The van der Waals surface area contributed by atoms with Crippen LogP contribution in [0.3, 0.4) is 0 Å². The van der Waals surface area contributed by atoms with E-state index < -0.39 is 42.4 Å². The second-order valence-corrected chi connectivity index (χ2v) is 4.49. The van der Waals surface area contributed by atoms with Crippen molar-refractivity contribution >= 4 is 29.8 Å². The summed E-state index contributed by atoms with van der Waals surface area (Å²) in [6.45, 7) is 0. The smallest absolute Gasteiger partial charge is 0.326 e. The Morgan fingerprint density at radius 3 is 2.48 bits per heavy atom. The zero-order valence-corrected chi connectivity index (χ0v) is 11.2. The summed E-state index contributed by atoms with van der Waals surface area (Å²) in [5.74, 6) is -3.86. The van der Waals surface area contributed by atoms with E-state index in [1.54, 1.807) is 0 Å². The maximum absolute atomic E-state index is 11.7. The topological polar surface area (TPSA) is 153 Å². The normalized spacial score (nSPS) is 19.9. The summed E-state index contributed by atoms with van der Waals surface area (Å²) >= 11 is 0. The Bertz CT molecular complexity index is 490. The van der Waals surface area contributed by atoms with Gasteiger partial charge in [-0.1, -0.05) is 0 Å². The van der Waals surface area contributed by atoms with Crippen LogP contribution in [0.2, 0.25) is 0 Å². The van der Waals surface area contributed by atoms with E-state index >= 15 is 0 Å². The van der Waals surface area contributed by atoms with Crippen LogP contribution in [0.5, 0.6) is 0 Å². The van der Waals surface area contributed by atoms with Crippen molar-refractivity contribution in [2.75, 3.05) is 7.05 Å². The van der Waals surface area contributed by atoms with Crippen LogP contribution in [0.4, 0.5) is 4.79 Å². The van der Waals surface area contributed by atoms with Crippen LogP contribution in [0.1, 0.15) is 19.3 Å². The molecule has 1 unspecified atom stereocenters. The first-order valence-corrected chi connectivity index (χ1v) is 6.04. The number of imide groups is 1. The Morgan fingerprint density at radius 2 is 1.95 bits per heavy atom. The first-order chi connectivity index (χ1) is 9.72. The fourth-order valence-electron chi connectivity index (χ4n) is 1.78. The molecule has 4 amide bonds. The van der Waals surface area contributed by atoms with Crippen molar-refractivity contribution in [3.8, 4) is 0 Å². The number of carboxylic acid groups (broad SMARTS) is 2. The van der Waals surface area contributed by atoms with E-state index in [-0.39, 0.29) is 18.7 Å². The molecule has 1 heterocycles. The van der Waals surface area contributed by atoms with E-state index in [0.717, 1.165) is 4.90 Å². The molecule has 0 saturated carbocycles. The molecule has 0 bridgehead atoms. The van der Waals surface area contributed by atoms with Crippen molar-refractivity contribution in [2.24, 2.45) is 0 Å². The molecule has 4 N–H and O–H groups in total. The summed E-state index contributed by atoms with van der Waals surface area (Å²) in [5.41, 5.74) is 0. The molecular formula is C11H15N3O7. The Hall–Kier alpha value is -2.65. The molecule has 10 heteroatoms. The fraction of sp³-hybridized carbons (Fsp3) is 0.545. The van der Waals surface area contributed by atoms with Crippen LogP contribution >= 0.6 is 0 Å². The van der Waals surface area contributed by atoms with Gasteiger partial charge in [-0.15, -0.1) is 0 Å². The molecule has 0 spiro atoms. The van der Waals surface area contributed by atoms with Crippen LogP contribution < -0.4 is 10.6 Å². The Morgan fingerprint density at radius 1 is 1.33 bits per heavy atom. The van der Waals surface area contributed by atoms with Gasteiger partial charge < -0.3 is 20.8 Å². The third-order valence-electron chi connectivity index (χ3n) is 2.94. The molecule has 10 nitrogen and oxygen atoms in total. The molecule has 0 aromatic carbocycles. The second-order valence-electron chi connectivity index (χ2n) is 4.49. The number of carbonyl (C=O) groups excluding carboxylic acids is 3. The number of carbonyl (C=O) groups is 5. The van der Waals surface area contributed by atoms with Gasteiger partial charge in [-0.2, -0.15) is 0 Å². The summed E-state index contributed by atoms with van der Waals surface area (Å²) in [6, 6.07) is -3.54. The SMILES string of the molecule is CN1C(=O)CCC(NC(=O)N[C@@H](CC(=O)O)C(=O)O)C1=O. The lowest BCUT2D eigenvalue weighted by Crippen LogP contribution is -2.56. The van der Waals surface area contributed by atoms with E-state index in [4.69, 9.17) is 10.2 Å². The average Bonchev–Trinajstić information content (AvgIpc) is 2.38. The number of amides is 4. The highest BCUT2D eigenvalue weighted by molar-refractivity contribution is 6.01. The van der Waals surface area contributed by atoms with Gasteiger partial charge in [0.1, 0.15) is 12.1 Å². The van der Waals surface area contributed by atoms with E-state index in [9.17, 15) is 24.0 Å². The van der Waals surface area contributed by atoms with Gasteiger partial charge in [0.05, 0.1) is 6.42 Å². The number of hydrogen-bond donors (Lipinski definition) is 4. The number of nitrogens with one attached hydrogen (secondary N) is 2. The number of aliphatic carboxylic acids is 2. The van der Waals surface area contributed by atoms with Crippen LogP contribution in [-0.4, -0.2) is 64.0 Å². The Balaban J connectivity index is 2.60. The van der Waals surface area contributed by atoms with Crippen molar-refractivity contribution in [2.45, 2.75) is 31.3 Å². The minimum atomic E-state index is -1.61. The van der Waals surface area contributed by atoms with E-state index in [1.807, 2.05) is 5.32 Å². The minimum absolute atomic E-state index is 0.0741. The lowest BCUT2D eigenvalue weighted by atomic mass is 10.1. The van der Waals surface area contributed by atoms with Gasteiger partial charge in [-0.3, -0.25) is 19.3 Å². The van der Waals surface area contributed by atoms with Crippen LogP contribution in [0.15, 0.2) is 0 Å². The molecule has 0 radical (unpaired) electrons. The van der Waals surface area contributed by atoms with Crippen molar-refractivity contribution in [3.05, 3.63) is 0 Å². The van der Waals surface area contributed by atoms with Crippen molar-refractivity contribution in [1.82, 2.24) is 15.5 Å². The molecular weight excluding hydrogens is 286 g/mol. The number of piperidine rings is 1. The van der Waals surface area contributed by atoms with Gasteiger partial charge in [0.15, 0.2) is 0 Å². The fourth-order valence-corrected chi connectivity index (χ4v) is 1.78. The molecule has 1 saturated heterocycles. The summed E-state index contributed by atoms with van der Waals surface area (Å²) < 4.78 is 0. The first-order valence-electron chi connectivity index (χ1n) is 6.04. The number of rotatable bonds is 5. The number of nitrogens with zero attached hydrogens (tertiary/aromatic N) is 1. The minimum Gasteiger partial charge on any atom is -0.481 e. The molecule has 0 aromatic rings. The van der Waals surface area contributed by atoms with Gasteiger partial charge in [0.25, 0.3) is 5.91 Å². The number of carboxylic acids is 2. The molecule has 0 aliphatic carbocycles. The van der Waals surface area contributed by atoms with E-state index in [0.29, 0.717) is 0 Å². The highest BCUT2D eigenvalue weighted by atomic mass is 16.4. The molecule has 1 fully saturated rings. The van der Waals surface area contributed by atoms with Crippen LogP contribution in [-0.2, 0) is 19.2 Å². The zero-order valence-electron chi connectivity index (χ0n) is 11.2. The monoisotopic (exact) mass is 301 g/mol. The number of likely N-dealkylation sites (N-methyl/N-ethyl adjacent to an activating group) is 1. The first kappa shape index (κ1) is 16.4. The quantitative estimate of drug-likeness (QED) is 0.444. The van der Waals surface area contributed by atoms with Crippen LogP contribution in [0, 0.1) is 0 Å². The van der Waals surface area contributed by atoms with Gasteiger partial charge in [0, 0.05) is 13.5 Å². The predicted molar refractivity (Wildman–Crippen MR) is 66.1 cm³/mol. The van der Waals surface area contributed by atoms with E-state index in [2.05, 4.69) is 5.32 Å². The van der Waals surface area contributed by atoms with Crippen molar-refractivity contribution in [3.63, 3.8) is 0 Å². The molecule has 21 heavy (non-hydrogen) atoms. The highest BCUT2D eigenvalue weighted by Crippen LogP contribution is 2.11. The average molecular weight is 301 g/mol. The van der Waals surface area contributed by atoms with Gasteiger partial charge in [0.2, 0.25) is 5.91 Å². The number of hydrogen-bond acceptors (Lipinski definition) is 5. The molecule has 1 aliphatic rings. The predicted octanol–water partition coefficient (Wildman–Crippen LogP) is -1.64. The third kappa shape index (κ3) is 4.44. The Labute approximate surface area is 119 Å². The summed E-state index contributed by atoms with van der Waals surface area (Å²) in [5, 5.41) is 21.5. The standard InChI is InChI=1S/C11H15N3O7/c1-14-7(15)3-2-5(9(14)18)12-11(21)13-6(10(19)20)4-8(16)17/h5-6H,2-4H2,1H3,(H,16,17)(H,19,20)(H2,12,13,21)/t5?,6-/m0/s1. The molecule has 1 aliphatic heterocycles. The largest absolute Gasteiger partial charge is 0.481 e. The van der Waals surface area contributed by atoms with Gasteiger partial charge in [-0.25, -0.2) is 9.59 Å². The molecule has 116 valence electrons. The lowest BCUT2D eigenvalue weighted by Gasteiger charge is -2.28. The third-order valence-corrected chi connectivity index (χ3v) is 2.94. The van der Waals surface area contributed by atoms with Gasteiger partial charge >= 0.3 is 18.0 Å². The van der Waals surface area contributed by atoms with Crippen molar-refractivity contribution in [1.29, 1.82) is 0 Å². The number of urea groups is 1. The lowest BCUT2D eigenvalue weighted by molar-refractivity contribution is -0.148. The van der Waals surface area contributed by atoms with Crippen LogP contribution in [0.25, 0.3) is 0 Å². The summed E-state index contributed by atoms with van der Waals surface area (Å²) in [4.78, 5) is 56.7.